The molecule has 0 saturated heterocycles. The minimum Gasteiger partial charge on any atom is -0.422 e. The predicted molar refractivity (Wildman–Crippen MR) is 101 cm³/mol. The van der Waals surface area contributed by atoms with Crippen LogP contribution in [0.25, 0.3) is 11.0 Å². The van der Waals surface area contributed by atoms with E-state index in [1.165, 1.54) is 0 Å². The second kappa shape index (κ2) is 6.96. The molecule has 4 rings (SSSR count). The first-order valence-corrected chi connectivity index (χ1v) is 9.09. The Hall–Kier alpha value is -2.59. The number of nitrogens with one attached hydrogen (secondary N) is 1. The van der Waals surface area contributed by atoms with Crippen LogP contribution < -0.4 is 10.9 Å². The van der Waals surface area contributed by atoms with Gasteiger partial charge in [-0.15, -0.1) is 0 Å². The van der Waals surface area contributed by atoms with Gasteiger partial charge < -0.3 is 9.73 Å². The van der Waals surface area contributed by atoms with Gasteiger partial charge in [-0.05, 0) is 48.6 Å². The number of fused-ring (bicyclic) bond motifs is 1. The monoisotopic (exact) mass is 367 g/mol. The number of para-hydroxylation sites is 1. The molecular weight excluding hydrogens is 350 g/mol. The van der Waals surface area contributed by atoms with Crippen LogP contribution in [0.2, 0.25) is 5.02 Å². The summed E-state index contributed by atoms with van der Waals surface area (Å²) in [4.78, 5) is 25.1. The Balaban J connectivity index is 1.65. The van der Waals surface area contributed by atoms with Crippen molar-refractivity contribution in [1.29, 1.82) is 0 Å². The van der Waals surface area contributed by atoms with Crippen molar-refractivity contribution in [3.63, 3.8) is 0 Å². The van der Waals surface area contributed by atoms with Crippen LogP contribution in [0.5, 0.6) is 0 Å². The summed E-state index contributed by atoms with van der Waals surface area (Å²) in [6.45, 7) is 0. The Labute approximate surface area is 155 Å². The zero-order valence-corrected chi connectivity index (χ0v) is 14.8. The van der Waals surface area contributed by atoms with Crippen molar-refractivity contribution in [2.75, 3.05) is 0 Å². The molecular formula is C21H18ClNO3. The van der Waals surface area contributed by atoms with Crippen LogP contribution in [-0.2, 0) is 0 Å². The molecule has 1 atom stereocenters. The molecule has 1 N–H and O–H groups in total. The van der Waals surface area contributed by atoms with Gasteiger partial charge in [0.2, 0.25) is 0 Å². The van der Waals surface area contributed by atoms with Crippen LogP contribution in [0.15, 0.2) is 63.8 Å². The van der Waals surface area contributed by atoms with E-state index in [1.807, 2.05) is 36.4 Å². The van der Waals surface area contributed by atoms with E-state index in [9.17, 15) is 9.59 Å². The molecule has 0 bridgehead atoms. The smallest absolute Gasteiger partial charge is 0.349 e. The average Bonchev–Trinajstić information content (AvgIpc) is 2.59. The highest BCUT2D eigenvalue weighted by molar-refractivity contribution is 6.30. The quantitative estimate of drug-likeness (QED) is 0.679. The zero-order chi connectivity index (χ0) is 18.1. The van der Waals surface area contributed by atoms with Crippen LogP contribution in [0, 0.1) is 5.92 Å². The van der Waals surface area contributed by atoms with Crippen molar-refractivity contribution in [2.24, 2.45) is 5.92 Å². The maximum Gasteiger partial charge on any atom is 0.349 e. The van der Waals surface area contributed by atoms with Gasteiger partial charge in [-0.1, -0.05) is 48.4 Å². The lowest BCUT2D eigenvalue weighted by Gasteiger charge is -2.34. The second-order valence-electron chi connectivity index (χ2n) is 6.68. The second-order valence-corrected chi connectivity index (χ2v) is 7.12. The topological polar surface area (TPSA) is 59.3 Å². The Morgan fingerprint density at radius 3 is 2.54 bits per heavy atom. The van der Waals surface area contributed by atoms with Gasteiger partial charge in [0.25, 0.3) is 5.91 Å². The van der Waals surface area contributed by atoms with Gasteiger partial charge in [0, 0.05) is 10.4 Å². The fourth-order valence-corrected chi connectivity index (χ4v) is 3.48. The highest BCUT2D eigenvalue weighted by atomic mass is 35.5. The third-order valence-corrected chi connectivity index (χ3v) is 5.27. The summed E-state index contributed by atoms with van der Waals surface area (Å²) < 4.78 is 5.28. The van der Waals surface area contributed by atoms with Crippen molar-refractivity contribution in [2.45, 2.75) is 25.3 Å². The highest BCUT2D eigenvalue weighted by Gasteiger charge is 2.30. The number of rotatable bonds is 4. The fourth-order valence-electron chi connectivity index (χ4n) is 3.36. The molecule has 1 aliphatic carbocycles. The molecule has 1 fully saturated rings. The number of benzene rings is 2. The first-order valence-electron chi connectivity index (χ1n) is 8.71. The number of halogens is 1. The van der Waals surface area contributed by atoms with E-state index in [0.29, 0.717) is 16.5 Å². The lowest BCUT2D eigenvalue weighted by Crippen LogP contribution is -2.37. The van der Waals surface area contributed by atoms with Crippen molar-refractivity contribution >= 4 is 28.5 Å². The standard InChI is InChI=1S/C21H18ClNO3/c22-16-10-8-14(9-11-16)19(13-5-3-6-13)23-20(24)17-12-15-4-1-2-7-18(15)26-21(17)25/h1-2,4,7-13,19H,3,5-6H2,(H,23,24). The van der Waals surface area contributed by atoms with E-state index >= 15 is 0 Å². The molecule has 1 aromatic heterocycles. The molecule has 5 heteroatoms. The van der Waals surface area contributed by atoms with Gasteiger partial charge in [-0.3, -0.25) is 4.79 Å². The number of amides is 1. The van der Waals surface area contributed by atoms with Crippen LogP contribution in [-0.4, -0.2) is 5.91 Å². The molecule has 1 saturated carbocycles. The summed E-state index contributed by atoms with van der Waals surface area (Å²) >= 11 is 5.98. The number of hydrogen-bond acceptors (Lipinski definition) is 3. The van der Waals surface area contributed by atoms with Crippen LogP contribution in [0.3, 0.4) is 0 Å². The number of carbonyl (C=O) groups excluding carboxylic acids is 1. The Bertz CT molecular complexity index is 1010. The Morgan fingerprint density at radius 2 is 1.85 bits per heavy atom. The lowest BCUT2D eigenvalue weighted by atomic mass is 9.77. The summed E-state index contributed by atoms with van der Waals surface area (Å²) in [6, 6.07) is 16.1. The highest BCUT2D eigenvalue weighted by Crippen LogP contribution is 2.38. The SMILES string of the molecule is O=C(NC(c1ccc(Cl)cc1)C1CCC1)c1cc2ccccc2oc1=O. The minimum absolute atomic E-state index is 0.0296. The molecule has 0 aliphatic heterocycles. The zero-order valence-electron chi connectivity index (χ0n) is 14.1. The van der Waals surface area contributed by atoms with E-state index in [2.05, 4.69) is 5.32 Å². The number of hydrogen-bond donors (Lipinski definition) is 1. The maximum absolute atomic E-state index is 12.8. The molecule has 0 radical (unpaired) electrons. The van der Waals surface area contributed by atoms with Crippen molar-refractivity contribution in [1.82, 2.24) is 5.32 Å². The molecule has 1 aliphatic rings. The van der Waals surface area contributed by atoms with Crippen molar-refractivity contribution in [3.8, 4) is 0 Å². The van der Waals surface area contributed by atoms with E-state index in [-0.39, 0.29) is 11.6 Å². The molecule has 0 spiro atoms. The van der Waals surface area contributed by atoms with Crippen molar-refractivity contribution in [3.05, 3.63) is 81.2 Å². The van der Waals surface area contributed by atoms with Crippen LogP contribution in [0.1, 0.15) is 41.2 Å². The first kappa shape index (κ1) is 16.9. The predicted octanol–water partition coefficient (Wildman–Crippen LogP) is 4.72. The largest absolute Gasteiger partial charge is 0.422 e. The molecule has 26 heavy (non-hydrogen) atoms. The number of carbonyl (C=O) groups is 1. The molecule has 132 valence electrons. The summed E-state index contributed by atoms with van der Waals surface area (Å²) in [7, 11) is 0. The molecule has 1 amide bonds. The van der Waals surface area contributed by atoms with Crippen LogP contribution in [0.4, 0.5) is 0 Å². The Morgan fingerprint density at radius 1 is 1.12 bits per heavy atom. The van der Waals surface area contributed by atoms with E-state index in [0.717, 1.165) is 30.2 Å². The first-order chi connectivity index (χ1) is 12.6. The third-order valence-electron chi connectivity index (χ3n) is 5.02. The van der Waals surface area contributed by atoms with E-state index in [4.69, 9.17) is 16.0 Å². The van der Waals surface area contributed by atoms with Gasteiger partial charge in [0.05, 0.1) is 6.04 Å². The summed E-state index contributed by atoms with van der Waals surface area (Å²) in [5, 5.41) is 4.42. The van der Waals surface area contributed by atoms with E-state index in [1.54, 1.807) is 18.2 Å². The molecule has 3 aromatic rings. The molecule has 1 heterocycles. The van der Waals surface area contributed by atoms with Gasteiger partial charge in [0.1, 0.15) is 11.1 Å². The van der Waals surface area contributed by atoms with E-state index < -0.39 is 11.5 Å². The van der Waals surface area contributed by atoms with Gasteiger partial charge in [-0.25, -0.2) is 4.79 Å². The molecule has 2 aromatic carbocycles. The molecule has 4 nitrogen and oxygen atoms in total. The molecule has 1 unspecified atom stereocenters. The minimum atomic E-state index is -0.621. The van der Waals surface area contributed by atoms with Gasteiger partial charge in [0.15, 0.2) is 0 Å². The fraction of sp³-hybridized carbons (Fsp3) is 0.238. The lowest BCUT2D eigenvalue weighted by molar-refractivity contribution is 0.0897. The summed E-state index contributed by atoms with van der Waals surface area (Å²) in [5.41, 5.74) is 0.881. The van der Waals surface area contributed by atoms with Crippen molar-refractivity contribution < 1.29 is 9.21 Å². The summed E-state index contributed by atoms with van der Waals surface area (Å²) in [5.74, 6) is -0.0380. The summed E-state index contributed by atoms with van der Waals surface area (Å²) in [6.07, 6.45) is 3.27. The average molecular weight is 368 g/mol. The third kappa shape index (κ3) is 3.25. The normalized spacial score (nSPS) is 15.4. The van der Waals surface area contributed by atoms with Gasteiger partial charge >= 0.3 is 5.63 Å². The van der Waals surface area contributed by atoms with Crippen LogP contribution >= 0.6 is 11.6 Å². The Kier molecular flexibility index (Phi) is 4.51. The van der Waals surface area contributed by atoms with Gasteiger partial charge in [-0.2, -0.15) is 0 Å². The maximum atomic E-state index is 12.8.